The number of amides is 17. The standard InChI is InChI=1S/C82H142N28O19/c1-43(2)34-55(71(123)108-81(7,8)76(128)107-63(45(5)112)74(126)101-52(26-18-32-95-80(90)91)65(117)99-53(28-29-61(83)114)68(120)98-50(24-16-30-93-78(86)87)66(118)102-54(64(85)116)35-47-20-12-10-13-21-47)103-70(122)58(38-62(84)115)106-77(129)82(9,39-44(3)4)109-72(124)56(36-48-22-14-11-15-23-48)104-69(121)57(37-49-40-92-42-96-49)105-67(119)51(25-17-31-94-79(88)89)100-73(125)60-27-19-33-110(60)75(127)59(41-111)97-46(6)113/h40,42-45,47-48,50-60,63,111-112H,10-39,41H2,1-9H3,(H2,83,114)(H2,84,115)(H2,85,116)(H,92,96)(H,97,113)(H,98,120)(H,99,117)(H,100,125)(H,101,126)(H,102,118)(H,103,122)(H,104,121)(H,105,119)(H,106,129)(H,107,128)(H,108,123)(H,109,124)(H4,86,87,93)(H4,88,89,94)(H4,90,91,95)/t45-,50+,51+,52+,53+,54+,55+,56+,57+,58+,59+,60-,63+,82+/m1/s1. The predicted octanol–water partition coefficient (Wildman–Crippen LogP) is -6.74. The van der Waals surface area contributed by atoms with Crippen LogP contribution in [0.4, 0.5) is 0 Å². The first-order chi connectivity index (χ1) is 60.6. The Morgan fingerprint density at radius 2 is 0.930 bits per heavy atom. The molecule has 129 heavy (non-hydrogen) atoms. The first kappa shape index (κ1) is 109. The molecular formula is C82H142N28O19. The van der Waals surface area contributed by atoms with E-state index in [4.69, 9.17) is 51.6 Å². The number of aromatic nitrogens is 2. The SMILES string of the molecule is CC(=O)N[C@@H](CO)C(=O)N1CCC[C@@H]1C(=O)N[C@@H](CCCN=C(N)N)C(=O)N[C@@H](Cc1cnc[nH]1)C(=O)N[C@@H](CC1CCCCC1)C(=O)N[C@@](C)(CC(C)C)C(=O)N[C@@H](CC(N)=O)C(=O)N[C@@H](CC(C)C)C(=O)NC(C)(C)C(=O)N[C@H](C(=O)N[C@@H](CCCN=C(N)N)C(=O)N[C@@H](CCC(N)=O)C(=O)N[C@@H](CCCN=C(N)N)C(=O)N[C@@H](CC1CCCCC1)C(N)=O)[C@@H](C)O. The van der Waals surface area contributed by atoms with Gasteiger partial charge in [0.25, 0.3) is 0 Å². The van der Waals surface area contributed by atoms with E-state index in [1.165, 1.54) is 38.2 Å². The highest BCUT2D eigenvalue weighted by atomic mass is 16.3. The number of imidazole rings is 1. The van der Waals surface area contributed by atoms with E-state index < -0.39 is 228 Å². The molecule has 3 aliphatic rings. The summed E-state index contributed by atoms with van der Waals surface area (Å²) in [5, 5.41) is 54.9. The van der Waals surface area contributed by atoms with E-state index in [0.717, 1.165) is 65.2 Å². The van der Waals surface area contributed by atoms with Crippen LogP contribution in [0.1, 0.15) is 229 Å². The number of hydrogen-bond acceptors (Lipinski definition) is 23. The molecule has 47 nitrogen and oxygen atoms in total. The Morgan fingerprint density at radius 1 is 0.481 bits per heavy atom. The van der Waals surface area contributed by atoms with Crippen molar-refractivity contribution < 1.29 is 91.7 Å². The second-order valence-electron chi connectivity index (χ2n) is 35.2. The Kier molecular flexibility index (Phi) is 46.0. The molecule has 1 saturated heterocycles. The molecule has 0 spiro atoms. The Hall–Kier alpha value is -12.1. The van der Waals surface area contributed by atoms with Gasteiger partial charge in [0.15, 0.2) is 17.9 Å². The lowest BCUT2D eigenvalue weighted by Crippen LogP contribution is -2.66. The highest BCUT2D eigenvalue weighted by Crippen LogP contribution is 2.30. The van der Waals surface area contributed by atoms with E-state index in [9.17, 15) is 77.3 Å². The van der Waals surface area contributed by atoms with Crippen molar-refractivity contribution >= 4 is 118 Å². The van der Waals surface area contributed by atoms with Crippen molar-refractivity contribution in [1.29, 1.82) is 0 Å². The van der Waals surface area contributed by atoms with E-state index in [0.29, 0.717) is 25.0 Å². The number of H-pyrrole nitrogens is 1. The number of guanidine groups is 3. The van der Waals surface area contributed by atoms with Gasteiger partial charge in [-0.25, -0.2) is 4.98 Å². The van der Waals surface area contributed by atoms with Gasteiger partial charge in [-0.2, -0.15) is 0 Å². The van der Waals surface area contributed by atoms with Crippen LogP contribution in [-0.4, -0.2) is 266 Å². The molecule has 17 amide bonds. The number of aromatic amines is 1. The fourth-order valence-electron chi connectivity index (χ4n) is 15.8. The maximum absolute atomic E-state index is 15.2. The molecule has 0 radical (unpaired) electrons. The molecule has 1 aromatic heterocycles. The van der Waals surface area contributed by atoms with Gasteiger partial charge in [0.2, 0.25) is 100 Å². The minimum atomic E-state index is -2.05. The van der Waals surface area contributed by atoms with Crippen LogP contribution in [0.5, 0.6) is 0 Å². The molecular weight excluding hydrogens is 1680 g/mol. The molecule has 47 heteroatoms. The van der Waals surface area contributed by atoms with Gasteiger partial charge in [0.1, 0.15) is 83.6 Å². The summed E-state index contributed by atoms with van der Waals surface area (Å²) in [6.45, 7) is 12.1. The van der Waals surface area contributed by atoms with Crippen molar-refractivity contribution in [1.82, 2.24) is 84.0 Å². The third-order valence-corrected chi connectivity index (χ3v) is 22.4. The highest BCUT2D eigenvalue weighted by molar-refractivity contribution is 6.02. The molecule has 0 bridgehead atoms. The van der Waals surface area contributed by atoms with E-state index in [-0.39, 0.29) is 133 Å². The van der Waals surface area contributed by atoms with Crippen molar-refractivity contribution in [3.8, 4) is 0 Å². The Bertz CT molecular complexity index is 4040. The number of rotatable bonds is 56. The maximum Gasteiger partial charge on any atom is 0.248 e. The van der Waals surface area contributed by atoms with Crippen molar-refractivity contribution in [2.45, 2.75) is 319 Å². The Balaban J connectivity index is 1.62. The molecule has 14 atom stereocenters. The Morgan fingerprint density at radius 3 is 1.38 bits per heavy atom. The average molecular weight is 1820 g/mol. The topological polar surface area (TPSA) is 790 Å². The molecule has 0 aromatic carbocycles. The first-order valence-corrected chi connectivity index (χ1v) is 44.2. The normalized spacial score (nSPS) is 17.4. The number of primary amides is 3. The zero-order valence-corrected chi connectivity index (χ0v) is 75.7. The number of likely N-dealkylation sites (tertiary alicyclic amines) is 1. The summed E-state index contributed by atoms with van der Waals surface area (Å²) in [6.07, 6.45) is 7.33. The number of carbonyl (C=O) groups is 17. The molecule has 724 valence electrons. The largest absolute Gasteiger partial charge is 0.394 e. The zero-order valence-electron chi connectivity index (χ0n) is 75.7. The maximum atomic E-state index is 15.2. The summed E-state index contributed by atoms with van der Waals surface area (Å²) in [6, 6.07) is -18.0. The van der Waals surface area contributed by atoms with Crippen LogP contribution in [-0.2, 0) is 87.9 Å². The Labute approximate surface area is 751 Å². The summed E-state index contributed by atoms with van der Waals surface area (Å²) in [5.41, 5.74) is 46.7. The minimum absolute atomic E-state index is 0.00565. The van der Waals surface area contributed by atoms with Gasteiger partial charge < -0.3 is 141 Å². The summed E-state index contributed by atoms with van der Waals surface area (Å²) in [4.78, 5) is 259. The monoisotopic (exact) mass is 1820 g/mol. The molecule has 34 N–H and O–H groups in total. The second kappa shape index (κ2) is 54.3. The third-order valence-electron chi connectivity index (χ3n) is 22.4. The average Bonchev–Trinajstić information content (AvgIpc) is 1.63. The first-order valence-electron chi connectivity index (χ1n) is 44.2. The number of aliphatic imine (C=N–C) groups is 3. The lowest BCUT2D eigenvalue weighted by Gasteiger charge is -2.35. The zero-order chi connectivity index (χ0) is 96.6. The van der Waals surface area contributed by atoms with E-state index in [1.807, 2.05) is 0 Å². The van der Waals surface area contributed by atoms with Gasteiger partial charge in [-0.1, -0.05) is 91.9 Å². The number of aliphatic hydroxyl groups is 2. The molecule has 2 saturated carbocycles. The van der Waals surface area contributed by atoms with Crippen molar-refractivity contribution in [3.05, 3.63) is 18.2 Å². The van der Waals surface area contributed by atoms with Gasteiger partial charge in [-0.05, 0) is 135 Å². The van der Waals surface area contributed by atoms with Gasteiger partial charge in [0.05, 0.1) is 25.5 Å². The van der Waals surface area contributed by atoms with Crippen molar-refractivity contribution in [2.75, 3.05) is 32.8 Å². The minimum Gasteiger partial charge on any atom is -0.394 e. The van der Waals surface area contributed by atoms with Crippen molar-refractivity contribution in [2.24, 2.45) is 90.3 Å². The molecule has 4 rings (SSSR count). The predicted molar refractivity (Wildman–Crippen MR) is 474 cm³/mol. The lowest BCUT2D eigenvalue weighted by molar-refractivity contribution is -0.143. The smallest absolute Gasteiger partial charge is 0.248 e. The van der Waals surface area contributed by atoms with Crippen molar-refractivity contribution in [3.63, 3.8) is 0 Å². The fraction of sp³-hybridized carbons (Fsp3) is 0.720. The van der Waals surface area contributed by atoms with Gasteiger partial charge in [-0.15, -0.1) is 0 Å². The number of carbonyl (C=O) groups excluding carboxylic acids is 17. The number of hydrogen-bond donors (Lipinski definition) is 25. The molecule has 0 unspecified atom stereocenters. The van der Waals surface area contributed by atoms with E-state index in [1.54, 1.807) is 27.7 Å². The summed E-state index contributed by atoms with van der Waals surface area (Å²) in [7, 11) is 0. The molecule has 1 aliphatic heterocycles. The quantitative estimate of drug-likeness (QED) is 0.0164. The van der Waals surface area contributed by atoms with Crippen LogP contribution in [0.3, 0.4) is 0 Å². The third kappa shape index (κ3) is 39.2. The van der Waals surface area contributed by atoms with Crippen LogP contribution in [0.15, 0.2) is 27.5 Å². The lowest BCUT2D eigenvalue weighted by atomic mass is 9.84. The van der Waals surface area contributed by atoms with Crippen LogP contribution in [0.25, 0.3) is 0 Å². The molecule has 3 fully saturated rings. The van der Waals surface area contributed by atoms with Gasteiger partial charge in [-0.3, -0.25) is 96.5 Å². The van der Waals surface area contributed by atoms with E-state index in [2.05, 4.69) is 94.1 Å². The summed E-state index contributed by atoms with van der Waals surface area (Å²) in [5.74, 6) is -17.6. The van der Waals surface area contributed by atoms with Crippen LogP contribution in [0.2, 0.25) is 0 Å². The molecule has 2 heterocycles. The highest BCUT2D eigenvalue weighted by Gasteiger charge is 2.45. The van der Waals surface area contributed by atoms with Crippen LogP contribution >= 0.6 is 0 Å². The number of nitrogens with one attached hydrogen (secondary N) is 14. The summed E-state index contributed by atoms with van der Waals surface area (Å²) >= 11 is 0. The number of aliphatic hydroxyl groups excluding tert-OH is 2. The van der Waals surface area contributed by atoms with Crippen LogP contribution in [0, 0.1) is 23.7 Å². The van der Waals surface area contributed by atoms with Crippen LogP contribution < -0.4 is 121 Å². The number of nitrogens with two attached hydrogens (primary N) is 9. The molecule has 2 aliphatic carbocycles. The van der Waals surface area contributed by atoms with Gasteiger partial charge >= 0.3 is 0 Å². The van der Waals surface area contributed by atoms with E-state index >= 15 is 14.4 Å². The van der Waals surface area contributed by atoms with Gasteiger partial charge in [0, 0.05) is 57.8 Å². The summed E-state index contributed by atoms with van der Waals surface area (Å²) < 4.78 is 0. The fourth-order valence-corrected chi connectivity index (χ4v) is 15.8. The molecule has 1 aromatic rings. The number of nitrogens with zero attached hydrogens (tertiary/aromatic N) is 5. The second-order valence-corrected chi connectivity index (χ2v) is 35.2.